The van der Waals surface area contributed by atoms with Gasteiger partial charge in [0.15, 0.2) is 4.80 Å². The lowest BCUT2D eigenvalue weighted by molar-refractivity contribution is 0.723. The Balaban J connectivity index is 2.25. The van der Waals surface area contributed by atoms with Gasteiger partial charge < -0.3 is 4.57 Å². The average Bonchev–Trinajstić information content (AvgIpc) is 2.80. The topological polar surface area (TPSA) is 17.3 Å². The molecule has 0 bridgehead atoms. The van der Waals surface area contributed by atoms with E-state index in [1.54, 1.807) is 11.3 Å². The number of rotatable bonds is 2. The van der Waals surface area contributed by atoms with Crippen molar-refractivity contribution in [3.05, 3.63) is 15.9 Å². The lowest BCUT2D eigenvalue weighted by atomic mass is 10.2. The second-order valence-corrected chi connectivity index (χ2v) is 4.28. The maximum Gasteiger partial charge on any atom is 0.184 e. The Morgan fingerprint density at radius 2 is 2.42 bits per heavy atom. The second-order valence-electron chi connectivity index (χ2n) is 3.44. The van der Waals surface area contributed by atoms with Crippen molar-refractivity contribution in [2.45, 2.75) is 19.3 Å². The van der Waals surface area contributed by atoms with Crippen molar-refractivity contribution < 1.29 is 0 Å². The van der Waals surface area contributed by atoms with E-state index < -0.39 is 0 Å². The zero-order valence-corrected chi connectivity index (χ0v) is 8.40. The second kappa shape index (κ2) is 3.05. The molecule has 0 aliphatic heterocycles. The Hall–Kier alpha value is -0.570. The highest BCUT2D eigenvalue weighted by Crippen LogP contribution is 2.32. The molecule has 1 saturated carbocycles. The van der Waals surface area contributed by atoms with E-state index >= 15 is 0 Å². The molecule has 1 heterocycles. The van der Waals surface area contributed by atoms with Gasteiger partial charge in [-0.2, -0.15) is 0 Å². The number of aromatic nitrogens is 1. The van der Waals surface area contributed by atoms with E-state index in [2.05, 4.69) is 22.0 Å². The van der Waals surface area contributed by atoms with Crippen LogP contribution in [0.2, 0.25) is 0 Å². The minimum Gasteiger partial charge on any atom is -0.324 e. The first kappa shape index (κ1) is 8.05. The molecule has 0 N–H and O–H groups in total. The average molecular weight is 182 g/mol. The molecular weight excluding hydrogens is 168 g/mol. The van der Waals surface area contributed by atoms with Gasteiger partial charge in [0.05, 0.1) is 0 Å². The van der Waals surface area contributed by atoms with E-state index in [9.17, 15) is 0 Å². The van der Waals surface area contributed by atoms with Gasteiger partial charge in [-0.1, -0.05) is 0 Å². The molecule has 1 aliphatic carbocycles. The fraction of sp³-hybridized carbons (Fsp3) is 0.667. The molecule has 2 rings (SSSR count). The normalized spacial score (nSPS) is 18.7. The van der Waals surface area contributed by atoms with Gasteiger partial charge in [-0.3, -0.25) is 4.99 Å². The molecule has 0 unspecified atom stereocenters. The smallest absolute Gasteiger partial charge is 0.184 e. The van der Waals surface area contributed by atoms with Crippen LogP contribution in [0.25, 0.3) is 0 Å². The monoisotopic (exact) mass is 182 g/mol. The minimum absolute atomic E-state index is 0.968. The minimum atomic E-state index is 0.968. The number of thiazole rings is 1. The summed E-state index contributed by atoms with van der Waals surface area (Å²) in [6.45, 7) is 0. The molecule has 12 heavy (non-hydrogen) atoms. The van der Waals surface area contributed by atoms with Crippen molar-refractivity contribution in [3.8, 4) is 0 Å². The summed E-state index contributed by atoms with van der Waals surface area (Å²) in [6.07, 6.45) is 4.10. The van der Waals surface area contributed by atoms with Crippen LogP contribution in [-0.4, -0.2) is 11.6 Å². The Bertz CT molecular complexity index is 331. The molecule has 1 fully saturated rings. The molecule has 0 aromatic carbocycles. The Labute approximate surface area is 76.6 Å². The van der Waals surface area contributed by atoms with E-state index in [-0.39, 0.29) is 0 Å². The summed E-state index contributed by atoms with van der Waals surface area (Å²) in [5.41, 5.74) is 1.45. The van der Waals surface area contributed by atoms with Crippen LogP contribution in [0.15, 0.2) is 10.4 Å². The first-order chi connectivity index (χ1) is 5.81. The fourth-order valence-corrected chi connectivity index (χ4v) is 2.28. The lowest BCUT2D eigenvalue weighted by Crippen LogP contribution is -2.13. The third kappa shape index (κ3) is 1.46. The van der Waals surface area contributed by atoms with Gasteiger partial charge in [0.2, 0.25) is 0 Å². The Morgan fingerprint density at radius 3 is 2.92 bits per heavy atom. The van der Waals surface area contributed by atoms with Gasteiger partial charge in [0.1, 0.15) is 0 Å². The van der Waals surface area contributed by atoms with Crippen LogP contribution >= 0.6 is 11.3 Å². The number of hydrogen-bond acceptors (Lipinski definition) is 2. The lowest BCUT2D eigenvalue weighted by Gasteiger charge is -1.99. The molecule has 0 saturated heterocycles. The molecule has 1 aliphatic rings. The number of nitrogens with zero attached hydrogens (tertiary/aromatic N) is 2. The van der Waals surface area contributed by atoms with Crippen LogP contribution in [0.5, 0.6) is 0 Å². The van der Waals surface area contributed by atoms with Crippen molar-refractivity contribution >= 4 is 11.3 Å². The summed E-state index contributed by atoms with van der Waals surface area (Å²) in [4.78, 5) is 5.33. The maximum atomic E-state index is 4.20. The molecule has 0 atom stereocenters. The van der Waals surface area contributed by atoms with E-state index in [4.69, 9.17) is 0 Å². The molecule has 0 spiro atoms. The largest absolute Gasteiger partial charge is 0.324 e. The third-order valence-electron chi connectivity index (χ3n) is 2.40. The maximum absolute atomic E-state index is 4.20. The molecule has 1 aromatic heterocycles. The van der Waals surface area contributed by atoms with Gasteiger partial charge >= 0.3 is 0 Å². The zero-order chi connectivity index (χ0) is 8.55. The molecule has 0 radical (unpaired) electrons. The van der Waals surface area contributed by atoms with Gasteiger partial charge in [-0.05, 0) is 25.2 Å². The van der Waals surface area contributed by atoms with E-state index in [0.29, 0.717) is 0 Å². The highest BCUT2D eigenvalue weighted by Gasteiger charge is 2.22. The van der Waals surface area contributed by atoms with Crippen LogP contribution in [0.1, 0.15) is 18.5 Å². The first-order valence-corrected chi connectivity index (χ1v) is 5.25. The third-order valence-corrected chi connectivity index (χ3v) is 3.46. The molecular formula is C9H14N2S. The first-order valence-electron chi connectivity index (χ1n) is 4.37. The van der Waals surface area contributed by atoms with Crippen LogP contribution in [-0.2, 0) is 13.5 Å². The Kier molecular flexibility index (Phi) is 2.05. The highest BCUT2D eigenvalue weighted by atomic mass is 32.1. The quantitative estimate of drug-likeness (QED) is 0.660. The van der Waals surface area contributed by atoms with Gasteiger partial charge in [0.25, 0.3) is 0 Å². The summed E-state index contributed by atoms with van der Waals surface area (Å²) in [5, 5.41) is 2.24. The van der Waals surface area contributed by atoms with Crippen molar-refractivity contribution in [1.82, 2.24) is 4.57 Å². The molecule has 1 aromatic rings. The molecule has 2 nitrogen and oxygen atoms in total. The summed E-state index contributed by atoms with van der Waals surface area (Å²) in [7, 11) is 3.96. The van der Waals surface area contributed by atoms with E-state index in [1.807, 2.05) is 7.05 Å². The van der Waals surface area contributed by atoms with Crippen LogP contribution < -0.4 is 4.80 Å². The molecule has 0 amide bonds. The summed E-state index contributed by atoms with van der Waals surface area (Å²) < 4.78 is 2.21. The summed E-state index contributed by atoms with van der Waals surface area (Å²) in [6, 6.07) is 0. The summed E-state index contributed by atoms with van der Waals surface area (Å²) in [5.74, 6) is 0.968. The van der Waals surface area contributed by atoms with Gasteiger partial charge in [-0.25, -0.2) is 0 Å². The van der Waals surface area contributed by atoms with E-state index in [0.717, 1.165) is 10.7 Å². The van der Waals surface area contributed by atoms with Crippen molar-refractivity contribution in [3.63, 3.8) is 0 Å². The molecule has 3 heteroatoms. The van der Waals surface area contributed by atoms with E-state index in [1.165, 1.54) is 25.0 Å². The predicted octanol–water partition coefficient (Wildman–Crippen LogP) is 1.57. The fourth-order valence-electron chi connectivity index (χ4n) is 1.41. The van der Waals surface area contributed by atoms with Gasteiger partial charge in [0, 0.05) is 25.2 Å². The SMILES string of the molecule is CN=c1scc(CC2CC2)n1C. The van der Waals surface area contributed by atoms with Crippen molar-refractivity contribution in [2.24, 2.45) is 18.0 Å². The Morgan fingerprint density at radius 1 is 1.67 bits per heavy atom. The van der Waals surface area contributed by atoms with Crippen LogP contribution in [0.4, 0.5) is 0 Å². The number of hydrogen-bond donors (Lipinski definition) is 0. The zero-order valence-electron chi connectivity index (χ0n) is 7.58. The van der Waals surface area contributed by atoms with Crippen molar-refractivity contribution in [1.29, 1.82) is 0 Å². The van der Waals surface area contributed by atoms with Crippen molar-refractivity contribution in [2.75, 3.05) is 7.05 Å². The predicted molar refractivity (Wildman–Crippen MR) is 51.2 cm³/mol. The molecule has 66 valence electrons. The standard InChI is InChI=1S/C9H14N2S/c1-10-9-11(2)8(6-12-9)5-7-3-4-7/h6-7H,3-5H2,1-2H3. The summed E-state index contributed by atoms with van der Waals surface area (Å²) >= 11 is 1.74. The van der Waals surface area contributed by atoms with Crippen LogP contribution in [0.3, 0.4) is 0 Å². The highest BCUT2D eigenvalue weighted by molar-refractivity contribution is 7.07. The van der Waals surface area contributed by atoms with Gasteiger partial charge in [-0.15, -0.1) is 11.3 Å². The van der Waals surface area contributed by atoms with Crippen LogP contribution in [0, 0.1) is 5.92 Å².